The zero-order valence-electron chi connectivity index (χ0n) is 33.1. The molecule has 0 aliphatic heterocycles. The summed E-state index contributed by atoms with van der Waals surface area (Å²) in [5.41, 5.74) is 3.76. The second-order valence-electron chi connectivity index (χ2n) is 14.6. The van der Waals surface area contributed by atoms with Crippen molar-refractivity contribution in [2.45, 2.75) is 56.0 Å². The number of allylic oxidation sites excluding steroid dienone is 1. The van der Waals surface area contributed by atoms with Crippen molar-refractivity contribution in [1.82, 2.24) is 0 Å². The van der Waals surface area contributed by atoms with Gasteiger partial charge in [-0.25, -0.2) is 9.59 Å². The van der Waals surface area contributed by atoms with Crippen molar-refractivity contribution in [3.8, 4) is 22.6 Å². The largest absolute Gasteiger partial charge is 0.490 e. The predicted octanol–water partition coefficient (Wildman–Crippen LogP) is 6.87. The van der Waals surface area contributed by atoms with Crippen molar-refractivity contribution >= 4 is 24.2 Å². The maximum Gasteiger partial charge on any atom is 0.330 e. The van der Waals surface area contributed by atoms with E-state index in [1.165, 1.54) is 0 Å². The molecular weight excluding hydrogens is 753 g/mol. The van der Waals surface area contributed by atoms with E-state index in [1.807, 2.05) is 86.6 Å². The monoisotopic (exact) mass is 800 g/mol. The van der Waals surface area contributed by atoms with Gasteiger partial charge in [-0.3, -0.25) is 4.79 Å². The highest BCUT2D eigenvalue weighted by Gasteiger charge is 2.46. The number of ether oxygens (including phenoxy) is 6. The Morgan fingerprint density at radius 3 is 1.68 bits per heavy atom. The first-order valence-corrected chi connectivity index (χ1v) is 19.5. The van der Waals surface area contributed by atoms with Crippen LogP contribution in [-0.2, 0) is 43.5 Å². The van der Waals surface area contributed by atoms with Gasteiger partial charge in [-0.05, 0) is 77.9 Å². The lowest BCUT2D eigenvalue weighted by Crippen LogP contribution is -2.46. The molecule has 4 atom stereocenters. The number of rotatable bonds is 19. The van der Waals surface area contributed by atoms with Crippen LogP contribution >= 0.6 is 0 Å². The van der Waals surface area contributed by atoms with Crippen molar-refractivity contribution < 1.29 is 52.7 Å². The molecule has 0 bridgehead atoms. The molecule has 0 saturated carbocycles. The quantitative estimate of drug-likeness (QED) is 0.0307. The lowest BCUT2D eigenvalue weighted by molar-refractivity contribution is -0.168. The zero-order valence-corrected chi connectivity index (χ0v) is 33.1. The minimum absolute atomic E-state index is 0.00568. The van der Waals surface area contributed by atoms with Crippen LogP contribution in [0.15, 0.2) is 135 Å². The molecule has 0 fully saturated rings. The molecular formula is C48H48O11. The van der Waals surface area contributed by atoms with Crippen molar-refractivity contribution in [2.75, 3.05) is 26.4 Å². The molecule has 0 heterocycles. The highest BCUT2D eigenvalue weighted by molar-refractivity contribution is 5.86. The maximum absolute atomic E-state index is 13.0. The minimum Gasteiger partial charge on any atom is -0.490 e. The number of carbonyl (C=O) groups is 4. The van der Waals surface area contributed by atoms with Crippen LogP contribution in [0.1, 0.15) is 48.9 Å². The molecule has 1 N–H and O–H groups in total. The van der Waals surface area contributed by atoms with Gasteiger partial charge >= 0.3 is 17.9 Å². The highest BCUT2D eigenvalue weighted by Crippen LogP contribution is 2.56. The summed E-state index contributed by atoms with van der Waals surface area (Å²) in [6, 6.07) is 32.1. The third-order valence-electron chi connectivity index (χ3n) is 10.4. The van der Waals surface area contributed by atoms with Gasteiger partial charge in [0.15, 0.2) is 18.5 Å². The third-order valence-corrected chi connectivity index (χ3v) is 10.4. The summed E-state index contributed by atoms with van der Waals surface area (Å²) in [6.07, 6.45) is 4.23. The van der Waals surface area contributed by atoms with Crippen LogP contribution in [0.5, 0.6) is 11.5 Å². The fraction of sp³-hybridized carbons (Fsp3) is 0.292. The van der Waals surface area contributed by atoms with E-state index in [9.17, 15) is 24.3 Å². The molecule has 4 aromatic rings. The molecule has 11 heteroatoms. The lowest BCUT2D eigenvalue weighted by Gasteiger charge is -2.34. The molecule has 306 valence electrons. The average molecular weight is 801 g/mol. The van der Waals surface area contributed by atoms with E-state index in [0.29, 0.717) is 17.8 Å². The summed E-state index contributed by atoms with van der Waals surface area (Å²) < 4.78 is 34.2. The van der Waals surface area contributed by atoms with E-state index in [4.69, 9.17) is 28.4 Å². The fourth-order valence-electron chi connectivity index (χ4n) is 7.52. The summed E-state index contributed by atoms with van der Waals surface area (Å²) in [7, 11) is 0. The molecule has 0 aromatic heterocycles. The van der Waals surface area contributed by atoms with E-state index in [-0.39, 0.29) is 45.4 Å². The van der Waals surface area contributed by atoms with Gasteiger partial charge in [0, 0.05) is 18.6 Å². The zero-order chi connectivity index (χ0) is 42.0. The second kappa shape index (κ2) is 19.0. The SMILES string of the molecule is C=CC(=O)OC(COC(=O)C1CC=CCC1(O)C=O)COc1ccc(C2(c3ccc(OCC(COC(C)C)OC(=O)C=C)cc3)c3ccccc3-c3ccccc32)cc1. The fourth-order valence-corrected chi connectivity index (χ4v) is 7.52. The Morgan fingerprint density at radius 2 is 1.20 bits per heavy atom. The smallest absolute Gasteiger partial charge is 0.330 e. The van der Waals surface area contributed by atoms with Crippen molar-refractivity contribution in [1.29, 1.82) is 0 Å². The van der Waals surface area contributed by atoms with Crippen LogP contribution in [0.3, 0.4) is 0 Å². The van der Waals surface area contributed by atoms with E-state index in [1.54, 1.807) is 12.2 Å². The molecule has 0 spiro atoms. The second-order valence-corrected chi connectivity index (χ2v) is 14.6. The molecule has 59 heavy (non-hydrogen) atoms. The molecule has 2 aliphatic carbocycles. The number of hydrogen-bond acceptors (Lipinski definition) is 11. The van der Waals surface area contributed by atoms with E-state index < -0.39 is 47.0 Å². The van der Waals surface area contributed by atoms with Crippen LogP contribution in [-0.4, -0.2) is 79.6 Å². The molecule has 0 amide bonds. The van der Waals surface area contributed by atoms with E-state index in [2.05, 4.69) is 37.4 Å². The summed E-state index contributed by atoms with van der Waals surface area (Å²) >= 11 is 0. The topological polar surface area (TPSA) is 144 Å². The van der Waals surface area contributed by atoms with Gasteiger partial charge in [0.05, 0.1) is 24.0 Å². The highest BCUT2D eigenvalue weighted by atomic mass is 16.6. The Labute approximate surface area is 343 Å². The van der Waals surface area contributed by atoms with E-state index >= 15 is 0 Å². The van der Waals surface area contributed by atoms with Crippen molar-refractivity contribution in [3.05, 3.63) is 157 Å². The Hall–Kier alpha value is -6.30. The summed E-state index contributed by atoms with van der Waals surface area (Å²) in [4.78, 5) is 48.8. The van der Waals surface area contributed by atoms with Gasteiger partial charge < -0.3 is 38.3 Å². The van der Waals surface area contributed by atoms with Gasteiger partial charge in [-0.15, -0.1) is 0 Å². The van der Waals surface area contributed by atoms with Crippen molar-refractivity contribution in [3.63, 3.8) is 0 Å². The predicted molar refractivity (Wildman–Crippen MR) is 220 cm³/mol. The van der Waals surface area contributed by atoms with Crippen LogP contribution < -0.4 is 9.47 Å². The Kier molecular flexibility index (Phi) is 13.6. The maximum atomic E-state index is 13.0. The number of aldehydes is 1. The average Bonchev–Trinajstić information content (AvgIpc) is 3.56. The minimum atomic E-state index is -1.87. The van der Waals surface area contributed by atoms with Gasteiger partial charge in [0.2, 0.25) is 0 Å². The first-order valence-electron chi connectivity index (χ1n) is 19.5. The molecule has 11 nitrogen and oxygen atoms in total. The van der Waals surface area contributed by atoms with Gasteiger partial charge in [0.1, 0.15) is 36.9 Å². The van der Waals surface area contributed by atoms with Gasteiger partial charge in [-0.1, -0.05) is 98.1 Å². The summed E-state index contributed by atoms with van der Waals surface area (Å²) in [5, 5.41) is 10.7. The third kappa shape index (κ3) is 9.38. The lowest BCUT2D eigenvalue weighted by atomic mass is 9.68. The number of aliphatic hydroxyl groups is 1. The number of hydrogen-bond donors (Lipinski definition) is 1. The molecule has 0 radical (unpaired) electrons. The Balaban J connectivity index is 1.25. The van der Waals surface area contributed by atoms with E-state index in [0.717, 1.165) is 45.5 Å². The molecule has 0 saturated heterocycles. The van der Waals surface area contributed by atoms with Gasteiger partial charge in [0.25, 0.3) is 0 Å². The summed E-state index contributed by atoms with van der Waals surface area (Å²) in [6.45, 7) is 10.5. The Morgan fingerprint density at radius 1 is 0.712 bits per heavy atom. The van der Waals surface area contributed by atoms with Crippen molar-refractivity contribution in [2.24, 2.45) is 5.92 Å². The van der Waals surface area contributed by atoms with Crippen LogP contribution in [0.25, 0.3) is 11.1 Å². The number of carbonyl (C=O) groups excluding carboxylic acids is 4. The standard InChI is InChI=1S/C48H48O11/c1-5-44(50)58-37(27-54-32(3)4)28-55-35-22-18-33(19-23-35)48(41-15-9-7-13-39(41)40-14-8-10-16-42(40)48)34-20-24-36(25-21-34)56-29-38(59-45(51)6-2)30-57-46(52)43-17-11-12-26-47(43,53)31-49/h5-16,18-25,31-32,37-38,43,53H,1-2,17,26-30H2,3-4H3. The molecule has 2 aliphatic rings. The molecule has 4 aromatic carbocycles. The first-order chi connectivity index (χ1) is 28.5. The number of esters is 3. The number of fused-ring (bicyclic) bond motifs is 3. The first kappa shape index (κ1) is 42.3. The van der Waals surface area contributed by atoms with Crippen LogP contribution in [0, 0.1) is 5.92 Å². The Bertz CT molecular complexity index is 2130. The molecule has 6 rings (SSSR count). The van der Waals surface area contributed by atoms with Crippen LogP contribution in [0.4, 0.5) is 0 Å². The van der Waals surface area contributed by atoms with Crippen LogP contribution in [0.2, 0.25) is 0 Å². The number of benzene rings is 4. The van der Waals surface area contributed by atoms with Gasteiger partial charge in [-0.2, -0.15) is 0 Å². The summed E-state index contributed by atoms with van der Waals surface area (Å²) in [5.74, 6) is -2.11. The normalized spacial score (nSPS) is 18.3. The molecule has 4 unspecified atom stereocenters.